The Morgan fingerprint density at radius 1 is 1.22 bits per heavy atom. The fourth-order valence-corrected chi connectivity index (χ4v) is 3.50. The molecule has 0 bridgehead atoms. The van der Waals surface area contributed by atoms with Gasteiger partial charge in [0, 0.05) is 30.5 Å². The molecule has 1 fully saturated rings. The van der Waals surface area contributed by atoms with Crippen LogP contribution < -0.4 is 15.4 Å². The molecule has 0 saturated carbocycles. The van der Waals surface area contributed by atoms with E-state index >= 15 is 0 Å². The molecule has 2 atom stereocenters. The van der Waals surface area contributed by atoms with E-state index in [1.165, 1.54) is 0 Å². The molecule has 2 unspecified atom stereocenters. The topological polar surface area (TPSA) is 76.7 Å². The molecule has 2 aliphatic heterocycles. The third kappa shape index (κ3) is 4.11. The highest BCUT2D eigenvalue weighted by molar-refractivity contribution is 6.05. The lowest BCUT2D eigenvalue weighted by atomic mass is 9.90. The second-order valence-corrected chi connectivity index (χ2v) is 6.86. The predicted octanol–water partition coefficient (Wildman–Crippen LogP) is 3.31. The van der Waals surface area contributed by atoms with Gasteiger partial charge in [-0.3, -0.25) is 9.59 Å². The molecule has 6 heteroatoms. The molecule has 2 amide bonds. The third-order valence-electron chi connectivity index (χ3n) is 4.88. The fraction of sp³-hybridized carbons (Fsp3) is 0.333. The second kappa shape index (κ2) is 7.80. The molecule has 27 heavy (non-hydrogen) atoms. The van der Waals surface area contributed by atoms with Crippen LogP contribution in [0.3, 0.4) is 0 Å². The van der Waals surface area contributed by atoms with Gasteiger partial charge >= 0.3 is 0 Å². The highest BCUT2D eigenvalue weighted by Gasteiger charge is 2.30. The maximum Gasteiger partial charge on any atom is 0.232 e. The zero-order valence-corrected chi connectivity index (χ0v) is 14.9. The first-order valence-corrected chi connectivity index (χ1v) is 9.23. The summed E-state index contributed by atoms with van der Waals surface area (Å²) in [6.07, 6.45) is 2.36. The molecule has 140 valence electrons. The van der Waals surface area contributed by atoms with Crippen molar-refractivity contribution >= 4 is 23.2 Å². The summed E-state index contributed by atoms with van der Waals surface area (Å²) >= 11 is 0. The Kier molecular flexibility index (Phi) is 5.07. The number of carbonyl (C=O) groups excluding carboxylic acids is 2. The van der Waals surface area contributed by atoms with Crippen molar-refractivity contribution in [2.75, 3.05) is 23.8 Å². The molecule has 2 N–H and O–H groups in total. The molecule has 0 radical (unpaired) electrons. The van der Waals surface area contributed by atoms with E-state index in [9.17, 15) is 9.59 Å². The van der Waals surface area contributed by atoms with E-state index in [0.717, 1.165) is 25.0 Å². The van der Waals surface area contributed by atoms with E-state index in [1.54, 1.807) is 6.07 Å². The first-order valence-electron chi connectivity index (χ1n) is 9.23. The Labute approximate surface area is 157 Å². The first kappa shape index (κ1) is 17.5. The summed E-state index contributed by atoms with van der Waals surface area (Å²) in [6, 6.07) is 14.7. The van der Waals surface area contributed by atoms with Gasteiger partial charge in [-0.2, -0.15) is 0 Å². The quantitative estimate of drug-likeness (QED) is 0.851. The average molecular weight is 366 g/mol. The van der Waals surface area contributed by atoms with E-state index in [-0.39, 0.29) is 24.3 Å². The van der Waals surface area contributed by atoms with Crippen LogP contribution in [-0.2, 0) is 14.3 Å². The average Bonchev–Trinajstić information content (AvgIpc) is 3.19. The van der Waals surface area contributed by atoms with Crippen LogP contribution in [0.4, 0.5) is 11.4 Å². The first-order chi connectivity index (χ1) is 13.2. The van der Waals surface area contributed by atoms with E-state index in [1.807, 2.05) is 42.5 Å². The lowest BCUT2D eigenvalue weighted by Crippen LogP contribution is -2.30. The van der Waals surface area contributed by atoms with Crippen LogP contribution in [0.1, 0.15) is 30.7 Å². The SMILES string of the molecule is O=C1CC(C(=O)Nc2cccc(OCC3CCCO3)c2)c2ccccc2N1. The van der Waals surface area contributed by atoms with Crippen molar-refractivity contribution in [2.24, 2.45) is 0 Å². The summed E-state index contributed by atoms with van der Waals surface area (Å²) in [4.78, 5) is 24.7. The number of ether oxygens (including phenoxy) is 2. The summed E-state index contributed by atoms with van der Waals surface area (Å²) in [7, 11) is 0. The smallest absolute Gasteiger partial charge is 0.232 e. The molecule has 0 aliphatic carbocycles. The molecule has 2 heterocycles. The van der Waals surface area contributed by atoms with Gasteiger partial charge in [0.2, 0.25) is 11.8 Å². The predicted molar refractivity (Wildman–Crippen MR) is 102 cm³/mol. The summed E-state index contributed by atoms with van der Waals surface area (Å²) in [6.45, 7) is 1.30. The zero-order valence-electron chi connectivity index (χ0n) is 14.9. The minimum Gasteiger partial charge on any atom is -0.491 e. The van der Waals surface area contributed by atoms with Crippen LogP contribution in [0.2, 0.25) is 0 Å². The molecule has 2 aliphatic rings. The summed E-state index contributed by atoms with van der Waals surface area (Å²) in [5.41, 5.74) is 2.18. The van der Waals surface area contributed by atoms with Gasteiger partial charge in [-0.05, 0) is 36.6 Å². The van der Waals surface area contributed by atoms with Crippen molar-refractivity contribution in [1.29, 1.82) is 0 Å². The largest absolute Gasteiger partial charge is 0.491 e. The molecule has 1 saturated heterocycles. The van der Waals surface area contributed by atoms with Crippen molar-refractivity contribution < 1.29 is 19.1 Å². The van der Waals surface area contributed by atoms with Gasteiger partial charge < -0.3 is 20.1 Å². The number of nitrogens with one attached hydrogen (secondary N) is 2. The number of rotatable bonds is 5. The zero-order chi connectivity index (χ0) is 18.6. The van der Waals surface area contributed by atoms with Gasteiger partial charge in [-0.15, -0.1) is 0 Å². The van der Waals surface area contributed by atoms with Gasteiger partial charge in [0.1, 0.15) is 12.4 Å². The molecule has 0 aromatic heterocycles. The number of carbonyl (C=O) groups is 2. The van der Waals surface area contributed by atoms with Crippen LogP contribution in [0.15, 0.2) is 48.5 Å². The normalized spacial score (nSPS) is 21.3. The van der Waals surface area contributed by atoms with E-state index in [2.05, 4.69) is 10.6 Å². The van der Waals surface area contributed by atoms with E-state index in [4.69, 9.17) is 9.47 Å². The molecule has 2 aromatic rings. The number of hydrogen-bond acceptors (Lipinski definition) is 4. The number of benzene rings is 2. The number of fused-ring (bicyclic) bond motifs is 1. The molecule has 0 spiro atoms. The van der Waals surface area contributed by atoms with Crippen LogP contribution in [-0.4, -0.2) is 31.1 Å². The number of amides is 2. The van der Waals surface area contributed by atoms with Crippen molar-refractivity contribution in [3.05, 3.63) is 54.1 Å². The van der Waals surface area contributed by atoms with Gasteiger partial charge in [0.05, 0.1) is 12.0 Å². The monoisotopic (exact) mass is 366 g/mol. The lowest BCUT2D eigenvalue weighted by Gasteiger charge is -2.24. The minimum absolute atomic E-state index is 0.137. The summed E-state index contributed by atoms with van der Waals surface area (Å²) < 4.78 is 11.4. The fourth-order valence-electron chi connectivity index (χ4n) is 3.50. The Balaban J connectivity index is 1.43. The standard InChI is InChI=1S/C21H22N2O4/c24-20-12-18(17-8-1-2-9-19(17)23-20)21(25)22-14-5-3-6-15(11-14)27-13-16-7-4-10-26-16/h1-3,5-6,8-9,11,16,18H,4,7,10,12-13H2,(H,22,25)(H,23,24). The van der Waals surface area contributed by atoms with E-state index in [0.29, 0.717) is 23.7 Å². The minimum atomic E-state index is -0.508. The van der Waals surface area contributed by atoms with Gasteiger partial charge in [-0.25, -0.2) is 0 Å². The van der Waals surface area contributed by atoms with Crippen LogP contribution in [0.5, 0.6) is 5.75 Å². The van der Waals surface area contributed by atoms with Crippen molar-refractivity contribution in [3.8, 4) is 5.75 Å². The van der Waals surface area contributed by atoms with Gasteiger partial charge in [0.25, 0.3) is 0 Å². The number of hydrogen-bond donors (Lipinski definition) is 2. The van der Waals surface area contributed by atoms with Crippen molar-refractivity contribution in [2.45, 2.75) is 31.3 Å². The number of para-hydroxylation sites is 1. The van der Waals surface area contributed by atoms with Gasteiger partial charge in [-0.1, -0.05) is 24.3 Å². The summed E-state index contributed by atoms with van der Waals surface area (Å²) in [5, 5.41) is 5.72. The van der Waals surface area contributed by atoms with Crippen LogP contribution in [0.25, 0.3) is 0 Å². The van der Waals surface area contributed by atoms with E-state index < -0.39 is 5.92 Å². The maximum absolute atomic E-state index is 12.8. The van der Waals surface area contributed by atoms with Crippen molar-refractivity contribution in [1.82, 2.24) is 0 Å². The Bertz CT molecular complexity index is 846. The van der Waals surface area contributed by atoms with Crippen molar-refractivity contribution in [3.63, 3.8) is 0 Å². The second-order valence-electron chi connectivity index (χ2n) is 6.86. The lowest BCUT2D eigenvalue weighted by molar-refractivity contribution is -0.123. The molecule has 6 nitrogen and oxygen atoms in total. The number of anilines is 2. The van der Waals surface area contributed by atoms with Crippen LogP contribution in [0, 0.1) is 0 Å². The highest BCUT2D eigenvalue weighted by atomic mass is 16.5. The third-order valence-corrected chi connectivity index (χ3v) is 4.88. The molecule has 2 aromatic carbocycles. The summed E-state index contributed by atoms with van der Waals surface area (Å²) in [5.74, 6) is -0.174. The molecular formula is C21H22N2O4. The Morgan fingerprint density at radius 2 is 2.11 bits per heavy atom. The van der Waals surface area contributed by atoms with Gasteiger partial charge in [0.15, 0.2) is 0 Å². The Morgan fingerprint density at radius 3 is 2.96 bits per heavy atom. The van der Waals surface area contributed by atoms with Crippen LogP contribution >= 0.6 is 0 Å². The highest BCUT2D eigenvalue weighted by Crippen LogP contribution is 2.33. The molecule has 4 rings (SSSR count). The Hall–Kier alpha value is -2.86. The molecular weight excluding hydrogens is 344 g/mol. The maximum atomic E-state index is 12.8.